The summed E-state index contributed by atoms with van der Waals surface area (Å²) in [7, 11) is 2.00. The predicted molar refractivity (Wildman–Crippen MR) is 78.6 cm³/mol. The summed E-state index contributed by atoms with van der Waals surface area (Å²) in [6.07, 6.45) is 6.85. The molecule has 2 N–H and O–H groups in total. The Kier molecular flexibility index (Phi) is 3.76. The van der Waals surface area contributed by atoms with E-state index in [0.717, 1.165) is 18.1 Å². The number of aromatic nitrogens is 1. The van der Waals surface area contributed by atoms with Crippen molar-refractivity contribution in [1.29, 1.82) is 0 Å². The zero-order chi connectivity index (χ0) is 13.9. The van der Waals surface area contributed by atoms with Gasteiger partial charge in [-0.15, -0.1) is 0 Å². The van der Waals surface area contributed by atoms with Crippen LogP contribution in [-0.2, 0) is 6.54 Å². The van der Waals surface area contributed by atoms with Gasteiger partial charge in [-0.2, -0.15) is 0 Å². The molecular weight excluding hydrogens is 252 g/mol. The maximum absolute atomic E-state index is 5.95. The molecule has 1 aromatic heterocycles. The Morgan fingerprint density at radius 3 is 2.80 bits per heavy atom. The summed E-state index contributed by atoms with van der Waals surface area (Å²) in [6, 6.07) is 4.51. The molecule has 20 heavy (non-hydrogen) atoms. The van der Waals surface area contributed by atoms with Crippen molar-refractivity contribution in [3.63, 3.8) is 0 Å². The zero-order valence-electron chi connectivity index (χ0n) is 12.0. The van der Waals surface area contributed by atoms with Gasteiger partial charge in [0.1, 0.15) is 0 Å². The molecule has 5 nitrogen and oxygen atoms in total. The molecule has 3 rings (SSSR count). The van der Waals surface area contributed by atoms with E-state index in [0.29, 0.717) is 24.4 Å². The van der Waals surface area contributed by atoms with Crippen LogP contribution in [0.15, 0.2) is 23.3 Å². The highest BCUT2D eigenvalue weighted by Crippen LogP contribution is 2.29. The molecule has 0 bridgehead atoms. The highest BCUT2D eigenvalue weighted by molar-refractivity contribution is 5.78. The lowest BCUT2D eigenvalue weighted by molar-refractivity contribution is 0.288. The molecule has 0 spiro atoms. The molecule has 108 valence electrons. The van der Waals surface area contributed by atoms with Gasteiger partial charge >= 0.3 is 0 Å². The number of hydrogen-bond donors (Lipinski definition) is 1. The number of rotatable bonds is 6. The fraction of sp³-hybridized carbons (Fsp3) is 0.600. The average molecular weight is 274 g/mol. The van der Waals surface area contributed by atoms with Crippen LogP contribution >= 0.6 is 0 Å². The predicted octanol–water partition coefficient (Wildman–Crippen LogP) is 1.78. The minimum absolute atomic E-state index is 0.568. The molecule has 2 aliphatic carbocycles. The lowest BCUT2D eigenvalue weighted by atomic mass is 10.3. The molecule has 0 aromatic carbocycles. The minimum Gasteiger partial charge on any atom is -0.477 e. The monoisotopic (exact) mass is 274 g/mol. The number of hydrogen-bond acceptors (Lipinski definition) is 3. The summed E-state index contributed by atoms with van der Waals surface area (Å²) >= 11 is 0. The van der Waals surface area contributed by atoms with Crippen molar-refractivity contribution in [1.82, 2.24) is 9.88 Å². The molecule has 0 aliphatic heterocycles. The highest BCUT2D eigenvalue weighted by atomic mass is 16.5. The fourth-order valence-electron chi connectivity index (χ4n) is 2.01. The van der Waals surface area contributed by atoms with Gasteiger partial charge in [-0.1, -0.05) is 6.07 Å². The molecule has 1 aromatic rings. The van der Waals surface area contributed by atoms with Crippen LogP contribution in [0.25, 0.3) is 0 Å². The Morgan fingerprint density at radius 2 is 2.20 bits per heavy atom. The minimum atomic E-state index is 0.568. The third kappa shape index (κ3) is 3.62. The van der Waals surface area contributed by atoms with E-state index in [1.807, 2.05) is 25.4 Å². The summed E-state index contributed by atoms with van der Waals surface area (Å²) in [5.41, 5.74) is 7.01. The number of guanidine groups is 1. The first-order valence-corrected chi connectivity index (χ1v) is 7.33. The average Bonchev–Trinajstić information content (AvgIpc) is 3.36. The Bertz CT molecular complexity index is 477. The molecule has 0 radical (unpaired) electrons. The molecule has 2 aliphatic rings. The number of pyridine rings is 1. The summed E-state index contributed by atoms with van der Waals surface area (Å²) < 4.78 is 5.61. The quantitative estimate of drug-likeness (QED) is 0.634. The van der Waals surface area contributed by atoms with E-state index in [9.17, 15) is 0 Å². The Hall–Kier alpha value is -1.78. The number of aliphatic imine (C=N–C) groups is 1. The van der Waals surface area contributed by atoms with E-state index in [1.54, 1.807) is 0 Å². The molecule has 5 heteroatoms. The molecule has 0 saturated heterocycles. The van der Waals surface area contributed by atoms with Crippen LogP contribution in [0.3, 0.4) is 0 Å². The molecule has 1 heterocycles. The van der Waals surface area contributed by atoms with Gasteiger partial charge in [-0.05, 0) is 37.2 Å². The van der Waals surface area contributed by atoms with E-state index in [2.05, 4.69) is 14.9 Å². The van der Waals surface area contributed by atoms with Crippen LogP contribution < -0.4 is 10.5 Å². The van der Waals surface area contributed by atoms with Crippen molar-refractivity contribution in [2.24, 2.45) is 16.6 Å². The van der Waals surface area contributed by atoms with Gasteiger partial charge < -0.3 is 15.4 Å². The van der Waals surface area contributed by atoms with Crippen molar-refractivity contribution in [3.8, 4) is 5.88 Å². The van der Waals surface area contributed by atoms with Crippen molar-refractivity contribution in [2.75, 3.05) is 13.7 Å². The molecule has 2 saturated carbocycles. The Balaban J connectivity index is 1.50. The van der Waals surface area contributed by atoms with E-state index >= 15 is 0 Å². The Morgan fingerprint density at radius 1 is 1.40 bits per heavy atom. The number of ether oxygens (including phenoxy) is 1. The topological polar surface area (TPSA) is 63.7 Å². The van der Waals surface area contributed by atoms with Crippen LogP contribution in [0.5, 0.6) is 5.88 Å². The first-order chi connectivity index (χ1) is 9.72. The van der Waals surface area contributed by atoms with Gasteiger partial charge in [0.2, 0.25) is 5.88 Å². The third-order valence-electron chi connectivity index (χ3n) is 3.84. The summed E-state index contributed by atoms with van der Waals surface area (Å²) in [5.74, 6) is 2.06. The second kappa shape index (κ2) is 5.69. The van der Waals surface area contributed by atoms with Crippen LogP contribution in [0.4, 0.5) is 0 Å². The second-order valence-electron chi connectivity index (χ2n) is 5.78. The maximum Gasteiger partial charge on any atom is 0.213 e. The standard InChI is InChI=1S/C15H22N4O/c1-19(13-5-6-13)15(16)18-9-12-4-7-14(17-8-12)20-10-11-2-3-11/h4,7-8,11,13H,2-3,5-6,9-10H2,1H3,(H2,16,18). The lowest BCUT2D eigenvalue weighted by Gasteiger charge is -2.16. The molecular formula is C15H22N4O. The van der Waals surface area contributed by atoms with E-state index in [1.165, 1.54) is 25.7 Å². The van der Waals surface area contributed by atoms with Gasteiger partial charge in [-0.3, -0.25) is 0 Å². The van der Waals surface area contributed by atoms with E-state index in [-0.39, 0.29) is 0 Å². The second-order valence-corrected chi connectivity index (χ2v) is 5.78. The van der Waals surface area contributed by atoms with Gasteiger partial charge in [0, 0.05) is 25.4 Å². The fourth-order valence-corrected chi connectivity index (χ4v) is 2.01. The summed E-state index contributed by atoms with van der Waals surface area (Å²) in [5, 5.41) is 0. The zero-order valence-corrected chi connectivity index (χ0v) is 12.0. The largest absolute Gasteiger partial charge is 0.477 e. The Labute approximate surface area is 119 Å². The first kappa shape index (κ1) is 13.2. The molecule has 0 atom stereocenters. The normalized spacial score (nSPS) is 18.9. The van der Waals surface area contributed by atoms with E-state index < -0.39 is 0 Å². The van der Waals surface area contributed by atoms with Gasteiger partial charge in [0.15, 0.2) is 5.96 Å². The molecule has 0 unspecified atom stereocenters. The van der Waals surface area contributed by atoms with Gasteiger partial charge in [-0.25, -0.2) is 9.98 Å². The van der Waals surface area contributed by atoms with Crippen molar-refractivity contribution < 1.29 is 4.74 Å². The maximum atomic E-state index is 5.95. The number of nitrogens with two attached hydrogens (primary N) is 1. The van der Waals surface area contributed by atoms with Crippen molar-refractivity contribution in [3.05, 3.63) is 23.9 Å². The van der Waals surface area contributed by atoms with Crippen molar-refractivity contribution >= 4 is 5.96 Å². The van der Waals surface area contributed by atoms with E-state index in [4.69, 9.17) is 10.5 Å². The smallest absolute Gasteiger partial charge is 0.213 e. The third-order valence-corrected chi connectivity index (χ3v) is 3.84. The van der Waals surface area contributed by atoms with Crippen LogP contribution in [0.2, 0.25) is 0 Å². The number of nitrogens with zero attached hydrogens (tertiary/aromatic N) is 3. The van der Waals surface area contributed by atoms with Gasteiger partial charge in [0.05, 0.1) is 13.2 Å². The molecule has 2 fully saturated rings. The lowest BCUT2D eigenvalue weighted by Crippen LogP contribution is -2.35. The highest BCUT2D eigenvalue weighted by Gasteiger charge is 2.27. The first-order valence-electron chi connectivity index (χ1n) is 7.33. The van der Waals surface area contributed by atoms with Crippen molar-refractivity contribution in [2.45, 2.75) is 38.3 Å². The van der Waals surface area contributed by atoms with Crippen LogP contribution in [0, 0.1) is 5.92 Å². The van der Waals surface area contributed by atoms with Crippen LogP contribution in [-0.4, -0.2) is 35.5 Å². The van der Waals surface area contributed by atoms with Crippen LogP contribution in [0.1, 0.15) is 31.2 Å². The van der Waals surface area contributed by atoms with Gasteiger partial charge in [0.25, 0.3) is 0 Å². The summed E-state index contributed by atoms with van der Waals surface area (Å²) in [4.78, 5) is 10.8. The summed E-state index contributed by atoms with van der Waals surface area (Å²) in [6.45, 7) is 1.36. The molecule has 0 amide bonds. The SMILES string of the molecule is CN(C(N)=NCc1ccc(OCC2CC2)nc1)C1CC1.